The lowest BCUT2D eigenvalue weighted by Crippen LogP contribution is -2.61. The minimum Gasteiger partial charge on any atom is -0.469 e. The molecule has 0 unspecified atom stereocenters. The van der Waals surface area contributed by atoms with Crippen molar-refractivity contribution in [2.75, 3.05) is 13.1 Å². The Morgan fingerprint density at radius 3 is 2.87 bits per heavy atom. The fourth-order valence-corrected chi connectivity index (χ4v) is 1.69. The molecular weight excluding hydrogens is 190 g/mol. The third-order valence-corrected chi connectivity index (χ3v) is 2.56. The highest BCUT2D eigenvalue weighted by atomic mass is 16.5. The molecule has 2 heterocycles. The van der Waals surface area contributed by atoms with Gasteiger partial charge in [-0.05, 0) is 12.8 Å². The lowest BCUT2D eigenvalue weighted by Gasteiger charge is -2.39. The van der Waals surface area contributed by atoms with Crippen molar-refractivity contribution in [3.05, 3.63) is 12.3 Å². The molecule has 0 bridgehead atoms. The predicted octanol–water partition coefficient (Wildman–Crippen LogP) is 1.28. The van der Waals surface area contributed by atoms with E-state index in [0.29, 0.717) is 5.92 Å². The molecule has 4 heteroatoms. The summed E-state index contributed by atoms with van der Waals surface area (Å²) in [4.78, 5) is 0. The zero-order chi connectivity index (χ0) is 10.9. The molecule has 1 saturated heterocycles. The number of nitrogens with one attached hydrogen (secondary N) is 1. The van der Waals surface area contributed by atoms with E-state index >= 15 is 0 Å². The quantitative estimate of drug-likeness (QED) is 0.812. The Balaban J connectivity index is 2.04. The third kappa shape index (κ3) is 2.31. The lowest BCUT2D eigenvalue weighted by atomic mass is 10.0. The molecule has 4 nitrogen and oxygen atoms in total. The molecule has 0 aliphatic carbocycles. The maximum atomic E-state index is 5.95. The zero-order valence-electron chi connectivity index (χ0n) is 9.66. The summed E-state index contributed by atoms with van der Waals surface area (Å²) < 4.78 is 7.89. The van der Waals surface area contributed by atoms with Gasteiger partial charge in [-0.3, -0.25) is 0 Å². The van der Waals surface area contributed by atoms with Gasteiger partial charge in [0.05, 0.1) is 6.20 Å². The van der Waals surface area contributed by atoms with Gasteiger partial charge < -0.3 is 10.1 Å². The zero-order valence-corrected chi connectivity index (χ0v) is 9.66. The molecule has 0 amide bonds. The van der Waals surface area contributed by atoms with Gasteiger partial charge in [-0.15, -0.1) is 0 Å². The van der Waals surface area contributed by atoms with Crippen molar-refractivity contribution >= 4 is 0 Å². The number of aromatic nitrogens is 2. The van der Waals surface area contributed by atoms with E-state index in [9.17, 15) is 0 Å². The van der Waals surface area contributed by atoms with Crippen molar-refractivity contribution < 1.29 is 4.74 Å². The molecule has 0 aromatic carbocycles. The fourth-order valence-electron chi connectivity index (χ4n) is 1.69. The van der Waals surface area contributed by atoms with Crippen molar-refractivity contribution in [1.29, 1.82) is 0 Å². The number of rotatable bonds is 4. The van der Waals surface area contributed by atoms with Crippen LogP contribution in [0.1, 0.15) is 20.8 Å². The average Bonchev–Trinajstić information content (AvgIpc) is 2.49. The van der Waals surface area contributed by atoms with Gasteiger partial charge in [0.15, 0.2) is 0 Å². The van der Waals surface area contributed by atoms with Crippen LogP contribution >= 0.6 is 0 Å². The first-order valence-electron chi connectivity index (χ1n) is 5.51. The van der Waals surface area contributed by atoms with Crippen LogP contribution in [-0.4, -0.2) is 28.5 Å². The summed E-state index contributed by atoms with van der Waals surface area (Å²) in [5.41, 5.74) is -0.0469. The van der Waals surface area contributed by atoms with Gasteiger partial charge in [-0.25, -0.2) is 4.68 Å². The van der Waals surface area contributed by atoms with Crippen LogP contribution < -0.4 is 10.1 Å². The van der Waals surface area contributed by atoms with Gasteiger partial charge in [0, 0.05) is 25.7 Å². The maximum absolute atomic E-state index is 5.95. The first-order valence-corrected chi connectivity index (χ1v) is 5.51. The van der Waals surface area contributed by atoms with E-state index in [2.05, 4.69) is 31.2 Å². The smallest absolute Gasteiger partial charge is 0.212 e. The van der Waals surface area contributed by atoms with Crippen LogP contribution in [0.2, 0.25) is 0 Å². The molecule has 15 heavy (non-hydrogen) atoms. The van der Waals surface area contributed by atoms with Crippen molar-refractivity contribution in [1.82, 2.24) is 15.1 Å². The van der Waals surface area contributed by atoms with Crippen LogP contribution in [0.4, 0.5) is 0 Å². The molecule has 1 aromatic heterocycles. The fraction of sp³-hybridized carbons (Fsp3) is 0.727. The Bertz CT molecular complexity index is 328. The Hall–Kier alpha value is -1.03. The van der Waals surface area contributed by atoms with E-state index in [0.717, 1.165) is 25.5 Å². The van der Waals surface area contributed by atoms with Gasteiger partial charge in [0.2, 0.25) is 5.88 Å². The van der Waals surface area contributed by atoms with E-state index in [-0.39, 0.29) is 5.60 Å². The summed E-state index contributed by atoms with van der Waals surface area (Å²) in [7, 11) is 0. The van der Waals surface area contributed by atoms with Crippen LogP contribution in [-0.2, 0) is 6.54 Å². The van der Waals surface area contributed by atoms with Crippen molar-refractivity contribution in [2.24, 2.45) is 5.92 Å². The number of nitrogens with zero attached hydrogens (tertiary/aromatic N) is 2. The summed E-state index contributed by atoms with van der Waals surface area (Å²) in [6, 6.07) is 1.94. The monoisotopic (exact) mass is 209 g/mol. The molecule has 1 aliphatic heterocycles. The molecule has 84 valence electrons. The first kappa shape index (κ1) is 10.5. The van der Waals surface area contributed by atoms with Gasteiger partial charge in [0.25, 0.3) is 0 Å². The minimum absolute atomic E-state index is 0.0469. The van der Waals surface area contributed by atoms with Gasteiger partial charge in [0.1, 0.15) is 5.60 Å². The first-order chi connectivity index (χ1) is 7.09. The van der Waals surface area contributed by atoms with Crippen molar-refractivity contribution in [3.63, 3.8) is 0 Å². The predicted molar refractivity (Wildman–Crippen MR) is 59.0 cm³/mol. The highest BCUT2D eigenvalue weighted by Crippen LogP contribution is 2.21. The van der Waals surface area contributed by atoms with Gasteiger partial charge in [-0.1, -0.05) is 13.8 Å². The second-order valence-electron chi connectivity index (χ2n) is 4.90. The van der Waals surface area contributed by atoms with Crippen LogP contribution in [0.3, 0.4) is 0 Å². The molecule has 1 aliphatic rings. The highest BCUT2D eigenvalue weighted by molar-refractivity contribution is 5.11. The van der Waals surface area contributed by atoms with Crippen molar-refractivity contribution in [3.8, 4) is 5.88 Å². The second kappa shape index (κ2) is 3.85. The summed E-state index contributed by atoms with van der Waals surface area (Å²) in [5, 5.41) is 7.49. The molecule has 1 aromatic rings. The summed E-state index contributed by atoms with van der Waals surface area (Å²) >= 11 is 0. The highest BCUT2D eigenvalue weighted by Gasteiger charge is 2.34. The van der Waals surface area contributed by atoms with Crippen molar-refractivity contribution in [2.45, 2.75) is 32.9 Å². The molecular formula is C11H19N3O. The van der Waals surface area contributed by atoms with E-state index in [4.69, 9.17) is 4.74 Å². The number of hydrogen-bond donors (Lipinski definition) is 1. The van der Waals surface area contributed by atoms with Crippen LogP contribution in [0.5, 0.6) is 5.88 Å². The van der Waals surface area contributed by atoms with E-state index in [1.807, 2.05) is 10.7 Å². The van der Waals surface area contributed by atoms with Crippen LogP contribution in [0.25, 0.3) is 0 Å². The standard InChI is InChI=1S/C11H19N3O/c1-9(2)6-14-10(4-5-13-14)15-11(3)7-12-8-11/h4-5,9,12H,6-8H2,1-3H3. The largest absolute Gasteiger partial charge is 0.469 e. The molecule has 0 spiro atoms. The topological polar surface area (TPSA) is 39.1 Å². The molecule has 0 radical (unpaired) electrons. The molecule has 1 N–H and O–H groups in total. The normalized spacial score (nSPS) is 18.9. The average molecular weight is 209 g/mol. The maximum Gasteiger partial charge on any atom is 0.212 e. The summed E-state index contributed by atoms with van der Waals surface area (Å²) in [6.45, 7) is 9.22. The Morgan fingerprint density at radius 2 is 2.33 bits per heavy atom. The third-order valence-electron chi connectivity index (χ3n) is 2.56. The minimum atomic E-state index is -0.0469. The Morgan fingerprint density at radius 1 is 1.60 bits per heavy atom. The summed E-state index contributed by atoms with van der Waals surface area (Å²) in [5.74, 6) is 1.47. The SMILES string of the molecule is CC(C)Cn1nccc1OC1(C)CNC1. The van der Waals surface area contributed by atoms with E-state index in [1.165, 1.54) is 0 Å². The molecule has 1 fully saturated rings. The second-order valence-corrected chi connectivity index (χ2v) is 4.90. The number of ether oxygens (including phenoxy) is 1. The number of hydrogen-bond acceptors (Lipinski definition) is 3. The Kier molecular flexibility index (Phi) is 2.69. The molecule has 0 atom stereocenters. The molecule has 2 rings (SSSR count). The lowest BCUT2D eigenvalue weighted by molar-refractivity contribution is 0.0249. The van der Waals surface area contributed by atoms with Gasteiger partial charge >= 0.3 is 0 Å². The van der Waals surface area contributed by atoms with E-state index in [1.54, 1.807) is 6.20 Å². The Labute approximate surface area is 90.6 Å². The van der Waals surface area contributed by atoms with E-state index < -0.39 is 0 Å². The molecule has 0 saturated carbocycles. The van der Waals surface area contributed by atoms with Crippen LogP contribution in [0.15, 0.2) is 12.3 Å². The summed E-state index contributed by atoms with van der Waals surface area (Å²) in [6.07, 6.45) is 1.80. The van der Waals surface area contributed by atoms with Gasteiger partial charge in [-0.2, -0.15) is 5.10 Å². The van der Waals surface area contributed by atoms with Crippen LogP contribution in [0, 0.1) is 5.92 Å².